The number of nitrogens with zero attached hydrogens (tertiary/aromatic N) is 4. The number of aromatic nitrogens is 2. The Morgan fingerprint density at radius 3 is 2.36 bits per heavy atom. The molecule has 1 atom stereocenters. The van der Waals surface area contributed by atoms with Crippen molar-refractivity contribution in [2.24, 2.45) is 0 Å². The molecule has 4 rings (SSSR count). The van der Waals surface area contributed by atoms with E-state index in [0.29, 0.717) is 28.1 Å². The van der Waals surface area contributed by atoms with Crippen LogP contribution < -0.4 is 15.5 Å². The molecule has 1 saturated heterocycles. The molecule has 9 heteroatoms. The molecule has 2 aromatic heterocycles. The summed E-state index contributed by atoms with van der Waals surface area (Å²) in [6, 6.07) is 14.7. The third-order valence-electron chi connectivity index (χ3n) is 5.61. The number of likely N-dealkylation sites (N-methyl/N-ethyl adjacent to an activating group) is 1. The molecule has 3 heterocycles. The first-order valence-corrected chi connectivity index (χ1v) is 11.0. The van der Waals surface area contributed by atoms with Crippen LogP contribution in [0.5, 0.6) is 0 Å². The Morgan fingerprint density at radius 1 is 0.970 bits per heavy atom. The van der Waals surface area contributed by atoms with E-state index in [1.807, 2.05) is 24.3 Å². The van der Waals surface area contributed by atoms with Crippen LogP contribution in [0.4, 0.5) is 17.2 Å². The van der Waals surface area contributed by atoms with Gasteiger partial charge >= 0.3 is 0 Å². The molecular formula is C24H25ClN6O2. The topological polar surface area (TPSA) is 90.5 Å². The van der Waals surface area contributed by atoms with E-state index >= 15 is 0 Å². The summed E-state index contributed by atoms with van der Waals surface area (Å²) in [4.78, 5) is 37.7. The summed E-state index contributed by atoms with van der Waals surface area (Å²) >= 11 is 5.80. The number of amides is 2. The van der Waals surface area contributed by atoms with E-state index in [2.05, 4.69) is 44.5 Å². The fourth-order valence-corrected chi connectivity index (χ4v) is 3.76. The Balaban J connectivity index is 1.34. The summed E-state index contributed by atoms with van der Waals surface area (Å²) < 4.78 is 0. The summed E-state index contributed by atoms with van der Waals surface area (Å²) in [6.07, 6.45) is 3.94. The van der Waals surface area contributed by atoms with Gasteiger partial charge in [0.25, 0.3) is 11.8 Å². The molecule has 1 fully saturated rings. The number of carbonyl (C=O) groups is 2. The van der Waals surface area contributed by atoms with Crippen LogP contribution in [0.2, 0.25) is 5.02 Å². The van der Waals surface area contributed by atoms with E-state index in [1.165, 1.54) is 18.5 Å². The molecule has 0 aliphatic carbocycles. The number of carbonyl (C=O) groups excluding carboxylic acids is 2. The monoisotopic (exact) mass is 464 g/mol. The average molecular weight is 465 g/mol. The van der Waals surface area contributed by atoms with Crippen molar-refractivity contribution in [2.75, 3.05) is 42.7 Å². The zero-order valence-electron chi connectivity index (χ0n) is 18.5. The smallest absolute Gasteiger partial charge is 0.274 e. The minimum absolute atomic E-state index is 0.216. The van der Waals surface area contributed by atoms with Gasteiger partial charge < -0.3 is 20.4 Å². The first-order chi connectivity index (χ1) is 15.9. The number of rotatable bonds is 6. The highest BCUT2D eigenvalue weighted by Gasteiger charge is 2.24. The Labute approximate surface area is 197 Å². The maximum absolute atomic E-state index is 12.6. The highest BCUT2D eigenvalue weighted by Crippen LogP contribution is 2.24. The minimum Gasteiger partial charge on any atom is -0.370 e. The van der Waals surface area contributed by atoms with E-state index in [-0.39, 0.29) is 17.5 Å². The third-order valence-corrected chi connectivity index (χ3v) is 5.83. The highest BCUT2D eigenvalue weighted by molar-refractivity contribution is 6.30. The molecular weight excluding hydrogens is 440 g/mol. The van der Waals surface area contributed by atoms with Crippen molar-refractivity contribution >= 4 is 40.6 Å². The summed E-state index contributed by atoms with van der Waals surface area (Å²) in [5.41, 5.74) is 2.36. The molecule has 1 aliphatic rings. The predicted molar refractivity (Wildman–Crippen MR) is 130 cm³/mol. The van der Waals surface area contributed by atoms with Crippen molar-refractivity contribution in [1.29, 1.82) is 0 Å². The molecule has 0 radical (unpaired) electrons. The van der Waals surface area contributed by atoms with Gasteiger partial charge in [-0.25, -0.2) is 4.98 Å². The summed E-state index contributed by atoms with van der Waals surface area (Å²) in [5, 5.41) is 5.98. The SMILES string of the molecule is CN(C)C1CCN(c2ccc(NC(=O)c3ccc(C(=O)Nc4ccc(Cl)cn4)cn3)cc2)C1. The number of hydrogen-bond acceptors (Lipinski definition) is 6. The molecule has 2 N–H and O–H groups in total. The van der Waals surface area contributed by atoms with Gasteiger partial charge in [0.15, 0.2) is 0 Å². The van der Waals surface area contributed by atoms with Crippen LogP contribution in [0.25, 0.3) is 0 Å². The normalized spacial score (nSPS) is 15.5. The lowest BCUT2D eigenvalue weighted by atomic mass is 10.2. The van der Waals surface area contributed by atoms with Crippen molar-refractivity contribution in [3.8, 4) is 0 Å². The first kappa shape index (κ1) is 22.7. The Hall–Kier alpha value is -3.49. The fourth-order valence-electron chi connectivity index (χ4n) is 3.65. The summed E-state index contributed by atoms with van der Waals surface area (Å²) in [5.74, 6) is -0.345. The number of pyridine rings is 2. The largest absolute Gasteiger partial charge is 0.370 e. The standard InChI is InChI=1S/C24H25ClN6O2/c1-30(2)20-11-12-31(15-20)19-7-5-18(6-8-19)28-24(33)21-9-3-16(13-26-21)23(32)29-22-10-4-17(25)14-27-22/h3-10,13-14,20H,11-12,15H2,1-2H3,(H,28,33)(H,27,29,32). The lowest BCUT2D eigenvalue weighted by Crippen LogP contribution is -2.31. The Morgan fingerprint density at radius 2 is 1.76 bits per heavy atom. The minimum atomic E-state index is -0.377. The molecule has 0 saturated carbocycles. The fraction of sp³-hybridized carbons (Fsp3) is 0.250. The summed E-state index contributed by atoms with van der Waals surface area (Å²) in [6.45, 7) is 2.02. The van der Waals surface area contributed by atoms with Crippen LogP contribution in [0.15, 0.2) is 60.9 Å². The molecule has 2 amide bonds. The summed E-state index contributed by atoms with van der Waals surface area (Å²) in [7, 11) is 4.22. The predicted octanol–water partition coefficient (Wildman–Crippen LogP) is 3.77. The van der Waals surface area contributed by atoms with Crippen molar-refractivity contribution in [1.82, 2.24) is 14.9 Å². The van der Waals surface area contributed by atoms with Crippen LogP contribution in [0.1, 0.15) is 27.3 Å². The van der Waals surface area contributed by atoms with Gasteiger partial charge in [0.2, 0.25) is 0 Å². The Kier molecular flexibility index (Phi) is 6.86. The van der Waals surface area contributed by atoms with Gasteiger partial charge in [-0.3, -0.25) is 14.6 Å². The second-order valence-electron chi connectivity index (χ2n) is 8.10. The van der Waals surface area contributed by atoms with Gasteiger partial charge in [0, 0.05) is 42.9 Å². The molecule has 170 valence electrons. The van der Waals surface area contributed by atoms with Crippen LogP contribution in [-0.4, -0.2) is 59.9 Å². The molecule has 0 bridgehead atoms. The van der Waals surface area contributed by atoms with Gasteiger partial charge in [-0.05, 0) is 69.0 Å². The number of benzene rings is 1. The van der Waals surface area contributed by atoms with Crippen molar-refractivity contribution in [2.45, 2.75) is 12.5 Å². The Bertz CT molecular complexity index is 1120. The molecule has 1 unspecified atom stereocenters. The number of anilines is 3. The van der Waals surface area contributed by atoms with Crippen LogP contribution in [0.3, 0.4) is 0 Å². The first-order valence-electron chi connectivity index (χ1n) is 10.6. The average Bonchev–Trinajstić information content (AvgIpc) is 3.32. The van der Waals surface area contributed by atoms with E-state index in [1.54, 1.807) is 18.2 Å². The third kappa shape index (κ3) is 5.66. The van der Waals surface area contributed by atoms with E-state index in [4.69, 9.17) is 11.6 Å². The quantitative estimate of drug-likeness (QED) is 0.577. The van der Waals surface area contributed by atoms with Gasteiger partial charge in [-0.15, -0.1) is 0 Å². The zero-order valence-corrected chi connectivity index (χ0v) is 19.2. The van der Waals surface area contributed by atoms with E-state index in [9.17, 15) is 9.59 Å². The van der Waals surface area contributed by atoms with Crippen LogP contribution >= 0.6 is 11.6 Å². The second-order valence-corrected chi connectivity index (χ2v) is 8.54. The lowest BCUT2D eigenvalue weighted by molar-refractivity contribution is 0.101. The molecule has 33 heavy (non-hydrogen) atoms. The second kappa shape index (κ2) is 9.97. The molecule has 1 aromatic carbocycles. The van der Waals surface area contributed by atoms with Crippen molar-refractivity contribution in [3.63, 3.8) is 0 Å². The zero-order chi connectivity index (χ0) is 23.4. The van der Waals surface area contributed by atoms with Gasteiger partial charge in [-0.1, -0.05) is 11.6 Å². The molecule has 1 aliphatic heterocycles. The maximum atomic E-state index is 12.6. The molecule has 3 aromatic rings. The molecule has 0 spiro atoms. The van der Waals surface area contributed by atoms with Gasteiger partial charge in [0.05, 0.1) is 10.6 Å². The van der Waals surface area contributed by atoms with Crippen LogP contribution in [0, 0.1) is 0 Å². The molecule has 8 nitrogen and oxygen atoms in total. The van der Waals surface area contributed by atoms with Gasteiger partial charge in [-0.2, -0.15) is 0 Å². The number of nitrogens with one attached hydrogen (secondary N) is 2. The lowest BCUT2D eigenvalue weighted by Gasteiger charge is -2.22. The van der Waals surface area contributed by atoms with Crippen molar-refractivity contribution < 1.29 is 9.59 Å². The highest BCUT2D eigenvalue weighted by atomic mass is 35.5. The maximum Gasteiger partial charge on any atom is 0.274 e. The van der Waals surface area contributed by atoms with E-state index in [0.717, 1.165) is 25.2 Å². The van der Waals surface area contributed by atoms with E-state index < -0.39 is 0 Å². The van der Waals surface area contributed by atoms with Crippen molar-refractivity contribution in [3.05, 3.63) is 77.2 Å². The number of hydrogen-bond donors (Lipinski definition) is 2. The number of halogens is 1. The van der Waals surface area contributed by atoms with Gasteiger partial charge in [0.1, 0.15) is 11.5 Å². The van der Waals surface area contributed by atoms with Crippen LogP contribution in [-0.2, 0) is 0 Å².